The monoisotopic (exact) mass is 311 g/mol. The van der Waals surface area contributed by atoms with Crippen LogP contribution >= 0.6 is 0 Å². The van der Waals surface area contributed by atoms with Gasteiger partial charge in [0.2, 0.25) is 0 Å². The average Bonchev–Trinajstić information content (AvgIpc) is 2.52. The van der Waals surface area contributed by atoms with Crippen molar-refractivity contribution in [3.63, 3.8) is 0 Å². The minimum Gasteiger partial charge on any atom is -0.444 e. The molecule has 0 aromatic heterocycles. The molecule has 0 radical (unpaired) electrons. The fourth-order valence-electron chi connectivity index (χ4n) is 2.45. The number of nitrogens with zero attached hydrogens (tertiary/aromatic N) is 1. The molecule has 0 saturated carbocycles. The highest BCUT2D eigenvalue weighted by Crippen LogP contribution is 2.25. The first-order valence-corrected chi connectivity index (χ1v) is 7.91. The Hall–Kier alpha value is -2.29. The van der Waals surface area contributed by atoms with E-state index in [1.165, 1.54) is 5.56 Å². The molecule has 0 aliphatic rings. The van der Waals surface area contributed by atoms with Gasteiger partial charge in [-0.15, -0.1) is 0 Å². The smallest absolute Gasteiger partial charge is 0.410 e. The van der Waals surface area contributed by atoms with Crippen molar-refractivity contribution in [2.45, 2.75) is 38.8 Å². The number of amides is 1. The molecular formula is C20H25NO2. The van der Waals surface area contributed by atoms with Gasteiger partial charge in [0, 0.05) is 7.05 Å². The van der Waals surface area contributed by atoms with Gasteiger partial charge in [0.25, 0.3) is 0 Å². The van der Waals surface area contributed by atoms with Crippen LogP contribution in [-0.2, 0) is 11.2 Å². The number of carbonyl (C=O) groups is 1. The fraction of sp³-hybridized carbons (Fsp3) is 0.350. The summed E-state index contributed by atoms with van der Waals surface area (Å²) in [5.74, 6) is 0. The molecule has 23 heavy (non-hydrogen) atoms. The predicted octanol–water partition coefficient (Wildman–Crippen LogP) is 4.84. The molecule has 0 saturated heterocycles. The summed E-state index contributed by atoms with van der Waals surface area (Å²) in [5.41, 5.74) is 1.79. The zero-order valence-electron chi connectivity index (χ0n) is 14.3. The molecule has 0 spiro atoms. The second kappa shape index (κ2) is 7.32. The molecular weight excluding hydrogens is 286 g/mol. The number of hydrogen-bond acceptors (Lipinski definition) is 2. The summed E-state index contributed by atoms with van der Waals surface area (Å²) in [7, 11) is 1.80. The van der Waals surface area contributed by atoms with Gasteiger partial charge >= 0.3 is 6.09 Å². The van der Waals surface area contributed by atoms with E-state index in [2.05, 4.69) is 24.3 Å². The number of likely N-dealkylation sites (N-methyl/N-ethyl adjacent to an activating group) is 1. The van der Waals surface area contributed by atoms with E-state index in [1.54, 1.807) is 11.9 Å². The summed E-state index contributed by atoms with van der Waals surface area (Å²) >= 11 is 0. The van der Waals surface area contributed by atoms with Crippen LogP contribution in [0, 0.1) is 0 Å². The van der Waals surface area contributed by atoms with Crippen LogP contribution in [-0.4, -0.2) is 23.6 Å². The summed E-state index contributed by atoms with van der Waals surface area (Å²) in [6.07, 6.45) is 0.447. The molecule has 2 aromatic rings. The van der Waals surface area contributed by atoms with Gasteiger partial charge in [-0.25, -0.2) is 4.79 Å². The van der Waals surface area contributed by atoms with Crippen molar-refractivity contribution in [2.24, 2.45) is 0 Å². The normalized spacial score (nSPS) is 12.5. The Morgan fingerprint density at radius 2 is 1.52 bits per heavy atom. The molecule has 2 aromatic carbocycles. The number of hydrogen-bond donors (Lipinski definition) is 0. The van der Waals surface area contributed by atoms with Crippen LogP contribution in [0.25, 0.3) is 0 Å². The van der Waals surface area contributed by atoms with Gasteiger partial charge in [0.15, 0.2) is 0 Å². The third-order valence-electron chi connectivity index (χ3n) is 3.61. The lowest BCUT2D eigenvalue weighted by atomic mass is 9.98. The van der Waals surface area contributed by atoms with Gasteiger partial charge in [-0.3, -0.25) is 0 Å². The molecule has 0 aliphatic heterocycles. The molecule has 0 aliphatic carbocycles. The van der Waals surface area contributed by atoms with Crippen molar-refractivity contribution in [1.82, 2.24) is 4.90 Å². The minimum atomic E-state index is -0.501. The Labute approximate surface area is 138 Å². The van der Waals surface area contributed by atoms with Gasteiger partial charge in [-0.1, -0.05) is 60.7 Å². The summed E-state index contributed by atoms with van der Waals surface area (Å²) in [6, 6.07) is 20.2. The zero-order valence-corrected chi connectivity index (χ0v) is 14.3. The van der Waals surface area contributed by atoms with Crippen molar-refractivity contribution in [3.05, 3.63) is 71.8 Å². The zero-order chi connectivity index (χ0) is 16.9. The van der Waals surface area contributed by atoms with E-state index in [-0.39, 0.29) is 12.1 Å². The van der Waals surface area contributed by atoms with Gasteiger partial charge in [-0.2, -0.15) is 0 Å². The van der Waals surface area contributed by atoms with Crippen LogP contribution in [0.4, 0.5) is 4.79 Å². The second-order valence-electron chi connectivity index (χ2n) is 6.71. The Kier molecular flexibility index (Phi) is 5.43. The standard InChI is InChI=1S/C20H25NO2/c1-20(2,3)23-19(22)21(4)18(17-13-9-6-10-14-17)15-16-11-7-5-8-12-16/h5-14,18H,15H2,1-4H3. The van der Waals surface area contributed by atoms with E-state index in [0.29, 0.717) is 0 Å². The number of carbonyl (C=O) groups excluding carboxylic acids is 1. The molecule has 0 bridgehead atoms. The van der Waals surface area contributed by atoms with Crippen LogP contribution < -0.4 is 0 Å². The Balaban J connectivity index is 2.24. The second-order valence-corrected chi connectivity index (χ2v) is 6.71. The predicted molar refractivity (Wildman–Crippen MR) is 93.3 cm³/mol. The maximum absolute atomic E-state index is 12.5. The van der Waals surface area contributed by atoms with Crippen molar-refractivity contribution in [1.29, 1.82) is 0 Å². The first-order valence-electron chi connectivity index (χ1n) is 7.91. The molecule has 1 amide bonds. The van der Waals surface area contributed by atoms with E-state index in [0.717, 1.165) is 12.0 Å². The van der Waals surface area contributed by atoms with Crippen molar-refractivity contribution < 1.29 is 9.53 Å². The summed E-state index contributed by atoms with van der Waals surface area (Å²) in [6.45, 7) is 5.65. The largest absolute Gasteiger partial charge is 0.444 e. The van der Waals surface area contributed by atoms with Crippen LogP contribution in [0.15, 0.2) is 60.7 Å². The molecule has 2 rings (SSSR count). The number of benzene rings is 2. The Morgan fingerprint density at radius 1 is 1.00 bits per heavy atom. The molecule has 0 heterocycles. The van der Waals surface area contributed by atoms with E-state index >= 15 is 0 Å². The molecule has 0 N–H and O–H groups in total. The molecule has 0 fully saturated rings. The van der Waals surface area contributed by atoms with Crippen LogP contribution in [0.1, 0.15) is 37.9 Å². The van der Waals surface area contributed by atoms with Crippen molar-refractivity contribution in [2.75, 3.05) is 7.05 Å². The van der Waals surface area contributed by atoms with E-state index in [1.807, 2.05) is 57.2 Å². The lowest BCUT2D eigenvalue weighted by molar-refractivity contribution is 0.0219. The highest BCUT2D eigenvalue weighted by Gasteiger charge is 2.26. The van der Waals surface area contributed by atoms with Crippen LogP contribution in [0.3, 0.4) is 0 Å². The highest BCUT2D eigenvalue weighted by atomic mass is 16.6. The third kappa shape index (κ3) is 5.13. The summed E-state index contributed by atoms with van der Waals surface area (Å²) in [5, 5.41) is 0. The molecule has 3 heteroatoms. The van der Waals surface area contributed by atoms with Gasteiger partial charge in [0.05, 0.1) is 6.04 Å². The molecule has 122 valence electrons. The Bertz CT molecular complexity index is 617. The number of rotatable bonds is 4. The third-order valence-corrected chi connectivity index (χ3v) is 3.61. The maximum Gasteiger partial charge on any atom is 0.410 e. The molecule has 3 nitrogen and oxygen atoms in total. The van der Waals surface area contributed by atoms with Gasteiger partial charge in [-0.05, 0) is 38.3 Å². The van der Waals surface area contributed by atoms with E-state index < -0.39 is 5.60 Å². The molecule has 1 atom stereocenters. The highest BCUT2D eigenvalue weighted by molar-refractivity contribution is 5.68. The topological polar surface area (TPSA) is 29.5 Å². The van der Waals surface area contributed by atoms with Gasteiger partial charge < -0.3 is 9.64 Å². The quantitative estimate of drug-likeness (QED) is 0.809. The van der Waals surface area contributed by atoms with Crippen LogP contribution in [0.5, 0.6) is 0 Å². The summed E-state index contributed by atoms with van der Waals surface area (Å²) < 4.78 is 5.53. The lowest BCUT2D eigenvalue weighted by Gasteiger charge is -2.31. The van der Waals surface area contributed by atoms with Crippen LogP contribution in [0.2, 0.25) is 0 Å². The Morgan fingerprint density at radius 3 is 2.04 bits per heavy atom. The SMILES string of the molecule is CN(C(=O)OC(C)(C)C)C(Cc1ccccc1)c1ccccc1. The van der Waals surface area contributed by atoms with Gasteiger partial charge in [0.1, 0.15) is 5.60 Å². The minimum absolute atomic E-state index is 0.0616. The first kappa shape index (κ1) is 17.1. The molecule has 1 unspecified atom stereocenters. The fourth-order valence-corrected chi connectivity index (χ4v) is 2.45. The van der Waals surface area contributed by atoms with E-state index in [4.69, 9.17) is 4.74 Å². The number of ether oxygens (including phenoxy) is 1. The van der Waals surface area contributed by atoms with Crippen molar-refractivity contribution in [3.8, 4) is 0 Å². The first-order chi connectivity index (χ1) is 10.9. The summed E-state index contributed by atoms with van der Waals surface area (Å²) in [4.78, 5) is 14.2. The maximum atomic E-state index is 12.5. The lowest BCUT2D eigenvalue weighted by Crippen LogP contribution is -2.37. The average molecular weight is 311 g/mol. The van der Waals surface area contributed by atoms with Crippen molar-refractivity contribution >= 4 is 6.09 Å². The van der Waals surface area contributed by atoms with E-state index in [9.17, 15) is 4.79 Å².